The lowest BCUT2D eigenvalue weighted by atomic mass is 9.31. The van der Waals surface area contributed by atoms with Gasteiger partial charge in [-0.3, -0.25) is 0 Å². The molecule has 0 aliphatic heterocycles. The molecule has 0 spiro atoms. The van der Waals surface area contributed by atoms with Gasteiger partial charge >= 0.3 is 0 Å². The van der Waals surface area contributed by atoms with Gasteiger partial charge in [-0.15, -0.1) is 0 Å². The number of carbonyl (C=O) groups is 1. The zero-order valence-corrected chi connectivity index (χ0v) is 22.6. The van der Waals surface area contributed by atoms with Crippen molar-refractivity contribution in [2.45, 2.75) is 120 Å². The molecule has 1 nitrogen and oxygen atoms in total. The van der Waals surface area contributed by atoms with Crippen molar-refractivity contribution in [1.29, 1.82) is 0 Å². The first-order chi connectivity index (χ1) is 14.8. The summed E-state index contributed by atoms with van der Waals surface area (Å²) in [6.07, 6.45) is 15.1. The van der Waals surface area contributed by atoms with Crippen molar-refractivity contribution in [3.8, 4) is 0 Å². The Morgan fingerprint density at radius 1 is 0.719 bits per heavy atom. The van der Waals surface area contributed by atoms with E-state index in [2.05, 4.69) is 55.4 Å². The van der Waals surface area contributed by atoms with Crippen LogP contribution in [0.4, 0.5) is 0 Å². The summed E-state index contributed by atoms with van der Waals surface area (Å²) in [7, 11) is 0. The molecule has 1 heteroatoms. The molecular weight excluding hydrogens is 388 g/mol. The Kier molecular flexibility index (Phi) is 5.19. The Bertz CT molecular complexity index is 766. The fraction of sp³-hybridized carbons (Fsp3) is 0.968. The highest BCUT2D eigenvalue weighted by Crippen LogP contribution is 2.77. The van der Waals surface area contributed by atoms with E-state index in [1.165, 1.54) is 64.1 Å². The molecule has 5 saturated carbocycles. The van der Waals surface area contributed by atoms with Crippen LogP contribution in [0.2, 0.25) is 0 Å². The van der Waals surface area contributed by atoms with Gasteiger partial charge in [0.2, 0.25) is 0 Å². The van der Waals surface area contributed by atoms with Crippen LogP contribution in [0, 0.1) is 68.5 Å². The van der Waals surface area contributed by atoms with Crippen LogP contribution in [-0.4, -0.2) is 6.29 Å². The fourth-order valence-electron chi connectivity index (χ4n) is 12.0. The molecular formula is C31H52O. The minimum atomic E-state index is 0.193. The van der Waals surface area contributed by atoms with Crippen LogP contribution in [0.25, 0.3) is 0 Å². The summed E-state index contributed by atoms with van der Waals surface area (Å²) in [5.74, 6) is 5.26. The quantitative estimate of drug-likeness (QED) is 0.393. The molecule has 5 fully saturated rings. The van der Waals surface area contributed by atoms with E-state index in [0.717, 1.165) is 30.1 Å². The molecule has 0 N–H and O–H groups in total. The smallest absolute Gasteiger partial charge is 0.123 e. The molecule has 0 amide bonds. The highest BCUT2D eigenvalue weighted by atomic mass is 16.1. The van der Waals surface area contributed by atoms with Gasteiger partial charge in [0.25, 0.3) is 0 Å². The predicted octanol–water partition coefficient (Wildman–Crippen LogP) is 8.56. The first-order valence-electron chi connectivity index (χ1n) is 14.3. The van der Waals surface area contributed by atoms with Crippen molar-refractivity contribution in [2.24, 2.45) is 68.5 Å². The van der Waals surface area contributed by atoms with Crippen molar-refractivity contribution < 1.29 is 4.79 Å². The summed E-state index contributed by atoms with van der Waals surface area (Å²) in [5.41, 5.74) is 1.99. The lowest BCUT2D eigenvalue weighted by molar-refractivity contribution is -0.246. The minimum Gasteiger partial charge on any atom is -0.303 e. The van der Waals surface area contributed by atoms with Crippen LogP contribution >= 0.6 is 0 Å². The number of carbonyl (C=O) groups excluding carboxylic acids is 1. The van der Waals surface area contributed by atoms with E-state index in [1.807, 2.05) is 0 Å². The van der Waals surface area contributed by atoms with Crippen LogP contribution in [-0.2, 0) is 4.79 Å². The SMILES string of the molecule is CC(C)[C@H]1CC[C@]2(C)CC[C@]3(C)C(CCC4[C@@]5(C)C(C=O)CCC(C)(C)C5CC[C@]43C)C12. The average molecular weight is 441 g/mol. The zero-order chi connectivity index (χ0) is 23.3. The Labute approximate surface area is 199 Å². The third kappa shape index (κ3) is 2.72. The summed E-state index contributed by atoms with van der Waals surface area (Å²) in [6.45, 7) is 20.8. The van der Waals surface area contributed by atoms with Gasteiger partial charge in [0.15, 0.2) is 0 Å². The van der Waals surface area contributed by atoms with E-state index in [1.54, 1.807) is 0 Å². The number of rotatable bonds is 2. The van der Waals surface area contributed by atoms with Crippen LogP contribution in [0.3, 0.4) is 0 Å². The lowest BCUT2D eigenvalue weighted by Gasteiger charge is -2.73. The van der Waals surface area contributed by atoms with Gasteiger partial charge in [-0.25, -0.2) is 0 Å². The van der Waals surface area contributed by atoms with E-state index < -0.39 is 0 Å². The van der Waals surface area contributed by atoms with Gasteiger partial charge in [-0.05, 0) is 127 Å². The molecule has 0 radical (unpaired) electrons. The number of hydrogen-bond acceptors (Lipinski definition) is 1. The molecule has 0 aromatic carbocycles. The Morgan fingerprint density at radius 2 is 1.44 bits per heavy atom. The Morgan fingerprint density at radius 3 is 2.09 bits per heavy atom. The Hall–Kier alpha value is -0.330. The van der Waals surface area contributed by atoms with E-state index in [4.69, 9.17) is 0 Å². The first-order valence-corrected chi connectivity index (χ1v) is 14.3. The molecule has 5 unspecified atom stereocenters. The Balaban J connectivity index is 1.57. The van der Waals surface area contributed by atoms with E-state index in [0.29, 0.717) is 33.5 Å². The van der Waals surface area contributed by atoms with E-state index in [9.17, 15) is 4.79 Å². The molecule has 0 bridgehead atoms. The molecule has 5 aliphatic rings. The maximum atomic E-state index is 12.5. The average Bonchev–Trinajstić information content (AvgIpc) is 3.06. The third-order valence-electron chi connectivity index (χ3n) is 13.9. The minimum absolute atomic E-state index is 0.193. The topological polar surface area (TPSA) is 17.1 Å². The largest absolute Gasteiger partial charge is 0.303 e. The fourth-order valence-corrected chi connectivity index (χ4v) is 12.0. The molecule has 5 aliphatic carbocycles. The summed E-state index contributed by atoms with van der Waals surface area (Å²) < 4.78 is 0. The first kappa shape index (κ1) is 23.4. The van der Waals surface area contributed by atoms with Crippen molar-refractivity contribution in [3.05, 3.63) is 0 Å². The van der Waals surface area contributed by atoms with Crippen LogP contribution in [0.5, 0.6) is 0 Å². The van der Waals surface area contributed by atoms with Crippen LogP contribution < -0.4 is 0 Å². The molecule has 0 aromatic heterocycles. The maximum Gasteiger partial charge on any atom is 0.123 e. The highest BCUT2D eigenvalue weighted by Gasteiger charge is 2.71. The van der Waals surface area contributed by atoms with Gasteiger partial charge in [0.1, 0.15) is 6.29 Å². The van der Waals surface area contributed by atoms with Gasteiger partial charge < -0.3 is 4.79 Å². The molecule has 0 aromatic rings. The van der Waals surface area contributed by atoms with E-state index in [-0.39, 0.29) is 11.3 Å². The van der Waals surface area contributed by atoms with Crippen molar-refractivity contribution in [1.82, 2.24) is 0 Å². The van der Waals surface area contributed by atoms with Crippen molar-refractivity contribution >= 4 is 6.29 Å². The van der Waals surface area contributed by atoms with Gasteiger partial charge in [0.05, 0.1) is 0 Å². The van der Waals surface area contributed by atoms with Gasteiger partial charge in [0, 0.05) is 5.92 Å². The molecule has 5 rings (SSSR count). The molecule has 0 heterocycles. The van der Waals surface area contributed by atoms with Crippen molar-refractivity contribution in [3.63, 3.8) is 0 Å². The molecule has 32 heavy (non-hydrogen) atoms. The van der Waals surface area contributed by atoms with Gasteiger partial charge in [-0.2, -0.15) is 0 Å². The summed E-state index contributed by atoms with van der Waals surface area (Å²) in [6, 6.07) is 0. The number of aldehydes is 1. The van der Waals surface area contributed by atoms with Crippen molar-refractivity contribution in [2.75, 3.05) is 0 Å². The summed E-state index contributed by atoms with van der Waals surface area (Å²) in [5, 5.41) is 0. The predicted molar refractivity (Wildman–Crippen MR) is 134 cm³/mol. The van der Waals surface area contributed by atoms with E-state index >= 15 is 0 Å². The van der Waals surface area contributed by atoms with Crippen LogP contribution in [0.1, 0.15) is 120 Å². The normalized spacial score (nSPS) is 56.7. The standard InChI is InChI=1S/C31H52O/c1-20(2)22-12-15-28(5)17-18-29(6)23(26(22)28)9-10-25-30(29,7)16-13-24-27(3,4)14-11-21(19-32)31(24,25)8/h19-26H,9-18H2,1-8H3/t21?,22-,23?,24?,25?,26?,28-,29-,30-,31+/m1/s1. The molecule has 10 atom stereocenters. The summed E-state index contributed by atoms with van der Waals surface area (Å²) >= 11 is 0. The number of fused-ring (bicyclic) bond motifs is 7. The second kappa shape index (κ2) is 7.10. The molecule has 0 saturated heterocycles. The lowest BCUT2D eigenvalue weighted by Crippen LogP contribution is -2.67. The maximum absolute atomic E-state index is 12.5. The second-order valence-corrected chi connectivity index (χ2v) is 15.4. The third-order valence-corrected chi connectivity index (χ3v) is 13.9. The highest BCUT2D eigenvalue weighted by molar-refractivity contribution is 5.56. The number of hydrogen-bond donors (Lipinski definition) is 0. The van der Waals surface area contributed by atoms with Crippen LogP contribution in [0.15, 0.2) is 0 Å². The van der Waals surface area contributed by atoms with Gasteiger partial charge in [-0.1, -0.05) is 55.4 Å². The zero-order valence-electron chi connectivity index (χ0n) is 22.6. The summed E-state index contributed by atoms with van der Waals surface area (Å²) in [4.78, 5) is 12.5. The monoisotopic (exact) mass is 440 g/mol. The molecule has 182 valence electrons. The second-order valence-electron chi connectivity index (χ2n) is 15.4.